The van der Waals surface area contributed by atoms with Gasteiger partial charge in [0, 0.05) is 49.7 Å². The molecule has 2 aliphatic rings. The zero-order chi connectivity index (χ0) is 27.6. The number of fused-ring (bicyclic) bond motifs is 1. The largest absolute Gasteiger partial charge is 0.353 e. The van der Waals surface area contributed by atoms with E-state index in [9.17, 15) is 4.79 Å². The van der Waals surface area contributed by atoms with E-state index < -0.39 is 0 Å². The molecular weight excluding hydrogens is 512 g/mol. The Morgan fingerprint density at radius 3 is 2.32 bits per heavy atom. The van der Waals surface area contributed by atoms with Gasteiger partial charge in [-0.15, -0.1) is 5.10 Å². The number of carbonyl (C=O) groups excluding carboxylic acids is 1. The van der Waals surface area contributed by atoms with E-state index >= 15 is 0 Å². The number of hydrogen-bond donors (Lipinski definition) is 3. The number of rotatable bonds is 9. The van der Waals surface area contributed by atoms with Gasteiger partial charge in [-0.1, -0.05) is 60.7 Å². The van der Waals surface area contributed by atoms with Crippen molar-refractivity contribution in [2.45, 2.75) is 50.0 Å². The molecule has 208 valence electrons. The molecule has 1 aliphatic carbocycles. The van der Waals surface area contributed by atoms with Crippen LogP contribution < -0.4 is 15.5 Å². The summed E-state index contributed by atoms with van der Waals surface area (Å²) >= 11 is 0. The minimum absolute atomic E-state index is 0.0281. The summed E-state index contributed by atoms with van der Waals surface area (Å²) in [6.45, 7) is 1.54. The van der Waals surface area contributed by atoms with Gasteiger partial charge in [-0.2, -0.15) is 10.1 Å². The van der Waals surface area contributed by atoms with Gasteiger partial charge >= 0.3 is 0 Å². The SMILES string of the molecule is O=C(CC(c1ccccc1)c1ccccc1)NC1CCN(c2nc(Nc3cc(C4CC4)n[nH]3)c3cccn3n2)CC1. The third-order valence-electron chi connectivity index (χ3n) is 8.16. The summed E-state index contributed by atoms with van der Waals surface area (Å²) < 4.78 is 1.87. The lowest BCUT2D eigenvalue weighted by atomic mass is 9.88. The van der Waals surface area contributed by atoms with Crippen LogP contribution in [0.5, 0.6) is 0 Å². The summed E-state index contributed by atoms with van der Waals surface area (Å²) in [5.41, 5.74) is 4.33. The van der Waals surface area contributed by atoms with Crippen LogP contribution in [-0.2, 0) is 4.79 Å². The number of H-pyrrole nitrogens is 1. The fraction of sp³-hybridized carbons (Fsp3) is 0.312. The molecule has 7 rings (SSSR count). The van der Waals surface area contributed by atoms with Crippen LogP contribution in [0.1, 0.15) is 60.8 Å². The first-order valence-electron chi connectivity index (χ1n) is 14.5. The van der Waals surface area contributed by atoms with Crippen LogP contribution in [-0.4, -0.2) is 49.8 Å². The monoisotopic (exact) mass is 546 g/mol. The molecule has 0 unspecified atom stereocenters. The van der Waals surface area contributed by atoms with E-state index in [2.05, 4.69) is 56.1 Å². The van der Waals surface area contributed by atoms with Crippen molar-refractivity contribution in [2.24, 2.45) is 0 Å². The number of carbonyl (C=O) groups is 1. The number of benzene rings is 2. The highest BCUT2D eigenvalue weighted by Crippen LogP contribution is 2.39. The van der Waals surface area contributed by atoms with Crippen molar-refractivity contribution >= 4 is 29.0 Å². The Hall–Kier alpha value is -4.66. The van der Waals surface area contributed by atoms with E-state index in [0.717, 1.165) is 59.9 Å². The maximum absolute atomic E-state index is 13.2. The Bertz CT molecular complexity index is 1580. The second-order valence-corrected chi connectivity index (χ2v) is 11.1. The van der Waals surface area contributed by atoms with Gasteiger partial charge in [0.1, 0.15) is 11.3 Å². The molecular formula is C32H34N8O. The van der Waals surface area contributed by atoms with Crippen molar-refractivity contribution in [3.05, 3.63) is 102 Å². The lowest BCUT2D eigenvalue weighted by Gasteiger charge is -2.32. The van der Waals surface area contributed by atoms with Crippen molar-refractivity contribution in [3.63, 3.8) is 0 Å². The highest BCUT2D eigenvalue weighted by molar-refractivity contribution is 5.78. The molecule has 0 bridgehead atoms. The van der Waals surface area contributed by atoms with Gasteiger partial charge in [-0.3, -0.25) is 9.89 Å². The van der Waals surface area contributed by atoms with E-state index in [1.807, 2.05) is 59.2 Å². The molecule has 1 saturated carbocycles. The van der Waals surface area contributed by atoms with Gasteiger partial charge in [0.25, 0.3) is 0 Å². The maximum Gasteiger partial charge on any atom is 0.245 e. The predicted molar refractivity (Wildman–Crippen MR) is 160 cm³/mol. The van der Waals surface area contributed by atoms with Gasteiger partial charge in [0.2, 0.25) is 11.9 Å². The van der Waals surface area contributed by atoms with Crippen LogP contribution >= 0.6 is 0 Å². The number of aromatic nitrogens is 5. The quantitative estimate of drug-likeness (QED) is 0.229. The highest BCUT2D eigenvalue weighted by atomic mass is 16.1. The molecule has 1 aliphatic heterocycles. The fourth-order valence-corrected chi connectivity index (χ4v) is 5.76. The van der Waals surface area contributed by atoms with Gasteiger partial charge in [-0.25, -0.2) is 4.52 Å². The summed E-state index contributed by atoms with van der Waals surface area (Å²) in [7, 11) is 0. The first kappa shape index (κ1) is 25.3. The summed E-state index contributed by atoms with van der Waals surface area (Å²) in [6.07, 6.45) is 6.47. The third kappa shape index (κ3) is 5.66. The minimum Gasteiger partial charge on any atom is -0.353 e. The predicted octanol–water partition coefficient (Wildman–Crippen LogP) is 5.38. The van der Waals surface area contributed by atoms with Crippen LogP contribution in [0, 0.1) is 0 Å². The molecule has 9 nitrogen and oxygen atoms in total. The van der Waals surface area contributed by atoms with Crippen LogP contribution in [0.25, 0.3) is 5.52 Å². The second-order valence-electron chi connectivity index (χ2n) is 11.1. The maximum atomic E-state index is 13.2. The van der Waals surface area contributed by atoms with E-state index in [-0.39, 0.29) is 17.9 Å². The molecule has 41 heavy (non-hydrogen) atoms. The standard InChI is InChI=1S/C32H34N8O/c41-30(20-26(22-8-3-1-4-9-22)23-10-5-2-6-11-23)33-25-15-18-39(19-16-25)32-35-31(28-12-7-17-40(28)38-32)34-29-21-27(36-37-29)24-13-14-24/h1-12,17,21,24-26H,13-16,18-20H2,(H,33,41)(H2,34,35,36,37,38). The van der Waals surface area contributed by atoms with E-state index in [4.69, 9.17) is 10.1 Å². The van der Waals surface area contributed by atoms with E-state index in [1.54, 1.807) is 0 Å². The molecule has 5 aromatic rings. The Kier molecular flexibility index (Phi) is 6.84. The fourth-order valence-electron chi connectivity index (χ4n) is 5.76. The Morgan fingerprint density at radius 1 is 0.927 bits per heavy atom. The summed E-state index contributed by atoms with van der Waals surface area (Å²) in [5.74, 6) is 2.96. The van der Waals surface area contributed by atoms with Gasteiger partial charge < -0.3 is 15.5 Å². The smallest absolute Gasteiger partial charge is 0.245 e. The van der Waals surface area contributed by atoms with Gasteiger partial charge in [-0.05, 0) is 48.9 Å². The van der Waals surface area contributed by atoms with Crippen molar-refractivity contribution in [2.75, 3.05) is 23.3 Å². The number of hydrogen-bond acceptors (Lipinski definition) is 6. The Balaban J connectivity index is 1.00. The summed E-state index contributed by atoms with van der Waals surface area (Å²) in [6, 6.07) is 26.8. The molecule has 0 atom stereocenters. The first-order valence-corrected chi connectivity index (χ1v) is 14.5. The number of nitrogens with one attached hydrogen (secondary N) is 3. The lowest BCUT2D eigenvalue weighted by molar-refractivity contribution is -0.122. The highest BCUT2D eigenvalue weighted by Gasteiger charge is 2.27. The molecule has 9 heteroatoms. The number of aromatic amines is 1. The van der Waals surface area contributed by atoms with Crippen molar-refractivity contribution in [1.29, 1.82) is 0 Å². The minimum atomic E-state index is 0.0281. The van der Waals surface area contributed by atoms with Crippen LogP contribution in [0.3, 0.4) is 0 Å². The van der Waals surface area contributed by atoms with Crippen molar-refractivity contribution < 1.29 is 4.79 Å². The van der Waals surface area contributed by atoms with Crippen LogP contribution in [0.2, 0.25) is 0 Å². The number of anilines is 3. The molecule has 3 N–H and O–H groups in total. The third-order valence-corrected chi connectivity index (χ3v) is 8.16. The molecule has 0 radical (unpaired) electrons. The Morgan fingerprint density at radius 2 is 1.63 bits per heavy atom. The number of nitrogens with zero attached hydrogens (tertiary/aromatic N) is 5. The zero-order valence-electron chi connectivity index (χ0n) is 22.9. The topological polar surface area (TPSA) is 103 Å². The van der Waals surface area contributed by atoms with E-state index in [0.29, 0.717) is 18.3 Å². The average Bonchev–Trinajstić information content (AvgIpc) is 3.56. The molecule has 3 aromatic heterocycles. The summed E-state index contributed by atoms with van der Waals surface area (Å²) in [5, 5.41) is 19.1. The second kappa shape index (κ2) is 11.1. The number of amides is 1. The van der Waals surface area contributed by atoms with Crippen LogP contribution in [0.15, 0.2) is 85.1 Å². The normalized spacial score (nSPS) is 15.9. The van der Waals surface area contributed by atoms with Crippen LogP contribution in [0.4, 0.5) is 17.6 Å². The first-order chi connectivity index (χ1) is 20.2. The molecule has 1 amide bonds. The number of piperidine rings is 1. The molecule has 2 aromatic carbocycles. The van der Waals surface area contributed by atoms with Gasteiger partial charge in [0.05, 0.1) is 5.69 Å². The average molecular weight is 547 g/mol. The Labute approximate surface area is 239 Å². The zero-order valence-corrected chi connectivity index (χ0v) is 22.9. The van der Waals surface area contributed by atoms with E-state index in [1.165, 1.54) is 12.8 Å². The molecule has 2 fully saturated rings. The lowest BCUT2D eigenvalue weighted by Crippen LogP contribution is -2.45. The van der Waals surface area contributed by atoms with Crippen molar-refractivity contribution in [3.8, 4) is 0 Å². The molecule has 4 heterocycles. The molecule has 0 spiro atoms. The summed E-state index contributed by atoms with van der Waals surface area (Å²) in [4.78, 5) is 20.3. The molecule has 1 saturated heterocycles. The van der Waals surface area contributed by atoms with Gasteiger partial charge in [0.15, 0.2) is 5.82 Å². The van der Waals surface area contributed by atoms with Crippen molar-refractivity contribution in [1.82, 2.24) is 30.1 Å².